The zero-order valence-electron chi connectivity index (χ0n) is 11.2. The standard InChI is InChI=1S/C14H32Si/c1-3-4-5-6-7-8-9-10-11-12-13-14-15-2/h3-15H2,1-2H3. The Morgan fingerprint density at radius 1 is 0.600 bits per heavy atom. The summed E-state index contributed by atoms with van der Waals surface area (Å²) >= 11 is 0. The summed E-state index contributed by atoms with van der Waals surface area (Å²) in [6, 6.07) is 1.58. The first-order chi connectivity index (χ1) is 7.41. The van der Waals surface area contributed by atoms with E-state index < -0.39 is 0 Å². The molecule has 0 radical (unpaired) electrons. The predicted octanol–water partition coefficient (Wildman–Crippen LogP) is 4.93. The van der Waals surface area contributed by atoms with Crippen molar-refractivity contribution in [3.05, 3.63) is 0 Å². The summed E-state index contributed by atoms with van der Waals surface area (Å²) in [5.41, 5.74) is 0. The molecule has 0 spiro atoms. The summed E-state index contributed by atoms with van der Waals surface area (Å²) in [5, 5.41) is 0. The van der Waals surface area contributed by atoms with Crippen molar-refractivity contribution >= 4 is 9.52 Å². The van der Waals surface area contributed by atoms with Crippen molar-refractivity contribution in [3.63, 3.8) is 0 Å². The van der Waals surface area contributed by atoms with Crippen molar-refractivity contribution in [1.82, 2.24) is 0 Å². The Hall–Kier alpha value is 0.217. The maximum atomic E-state index is 2.43. The van der Waals surface area contributed by atoms with Crippen molar-refractivity contribution in [2.24, 2.45) is 0 Å². The largest absolute Gasteiger partial charge is 0.0748 e. The number of unbranched alkanes of at least 4 members (excludes halogenated alkanes) is 10. The predicted molar refractivity (Wildman–Crippen MR) is 75.7 cm³/mol. The summed E-state index contributed by atoms with van der Waals surface area (Å²) in [6.45, 7) is 4.72. The lowest BCUT2D eigenvalue weighted by Gasteiger charge is -2.01. The van der Waals surface area contributed by atoms with Crippen LogP contribution in [0.15, 0.2) is 0 Å². The fourth-order valence-corrected chi connectivity index (χ4v) is 2.94. The minimum atomic E-state index is 0.358. The van der Waals surface area contributed by atoms with E-state index in [1.165, 1.54) is 70.6 Å². The molecule has 0 nitrogen and oxygen atoms in total. The van der Waals surface area contributed by atoms with Crippen LogP contribution in [0.25, 0.3) is 0 Å². The molecule has 0 bridgehead atoms. The number of hydrogen-bond acceptors (Lipinski definition) is 0. The topological polar surface area (TPSA) is 0 Å². The molecule has 0 aromatic rings. The first-order valence-corrected chi connectivity index (χ1v) is 9.83. The van der Waals surface area contributed by atoms with E-state index in [2.05, 4.69) is 13.5 Å². The van der Waals surface area contributed by atoms with Crippen LogP contribution in [0.4, 0.5) is 0 Å². The van der Waals surface area contributed by atoms with Gasteiger partial charge in [-0.3, -0.25) is 0 Å². The molecule has 0 aromatic heterocycles. The highest BCUT2D eigenvalue weighted by molar-refractivity contribution is 6.33. The molecule has 0 atom stereocenters. The van der Waals surface area contributed by atoms with E-state index in [1.807, 2.05) is 0 Å². The quantitative estimate of drug-likeness (QED) is 0.328. The summed E-state index contributed by atoms with van der Waals surface area (Å²) in [6.07, 6.45) is 16.3. The van der Waals surface area contributed by atoms with E-state index in [-0.39, 0.29) is 0 Å². The Balaban J connectivity index is 2.81. The number of hydrogen-bond donors (Lipinski definition) is 0. The van der Waals surface area contributed by atoms with Crippen LogP contribution < -0.4 is 0 Å². The van der Waals surface area contributed by atoms with Gasteiger partial charge in [0.1, 0.15) is 0 Å². The molecule has 1 heteroatoms. The van der Waals surface area contributed by atoms with E-state index in [4.69, 9.17) is 0 Å². The molecule has 0 fully saturated rings. The van der Waals surface area contributed by atoms with Crippen molar-refractivity contribution in [2.45, 2.75) is 90.1 Å². The first-order valence-electron chi connectivity index (χ1n) is 7.41. The second-order valence-electron chi connectivity index (χ2n) is 4.89. The van der Waals surface area contributed by atoms with Gasteiger partial charge >= 0.3 is 0 Å². The van der Waals surface area contributed by atoms with Crippen molar-refractivity contribution < 1.29 is 0 Å². The molecule has 0 saturated carbocycles. The van der Waals surface area contributed by atoms with Gasteiger partial charge in [0.2, 0.25) is 0 Å². The van der Waals surface area contributed by atoms with Crippen LogP contribution in [0, 0.1) is 0 Å². The average molecular weight is 228 g/mol. The van der Waals surface area contributed by atoms with Gasteiger partial charge in [-0.25, -0.2) is 0 Å². The molecule has 0 unspecified atom stereocenters. The second kappa shape index (κ2) is 14.2. The Morgan fingerprint density at radius 2 is 1.00 bits per heavy atom. The highest BCUT2D eigenvalue weighted by atomic mass is 28.2. The summed E-state index contributed by atoms with van der Waals surface area (Å²) < 4.78 is 0. The molecule has 0 aliphatic rings. The maximum Gasteiger partial charge on any atom is 0.0166 e. The lowest BCUT2D eigenvalue weighted by Crippen LogP contribution is -1.84. The lowest BCUT2D eigenvalue weighted by atomic mass is 10.1. The van der Waals surface area contributed by atoms with Gasteiger partial charge in [0.15, 0.2) is 0 Å². The molecule has 15 heavy (non-hydrogen) atoms. The molecule has 0 aliphatic carbocycles. The van der Waals surface area contributed by atoms with Gasteiger partial charge in [0, 0.05) is 9.52 Å². The third-order valence-electron chi connectivity index (χ3n) is 3.21. The normalized spacial score (nSPS) is 11.6. The zero-order valence-corrected chi connectivity index (χ0v) is 12.6. The fourth-order valence-electron chi connectivity index (χ4n) is 2.09. The molecule has 92 valence electrons. The minimum Gasteiger partial charge on any atom is -0.0748 e. The molecular weight excluding hydrogens is 196 g/mol. The van der Waals surface area contributed by atoms with Gasteiger partial charge in [0.25, 0.3) is 0 Å². The average Bonchev–Trinajstić information content (AvgIpc) is 2.26. The van der Waals surface area contributed by atoms with E-state index in [0.717, 1.165) is 0 Å². The van der Waals surface area contributed by atoms with Crippen LogP contribution in [-0.4, -0.2) is 9.52 Å². The van der Waals surface area contributed by atoms with Gasteiger partial charge in [0.05, 0.1) is 0 Å². The summed E-state index contributed by atoms with van der Waals surface area (Å²) in [4.78, 5) is 0. The summed E-state index contributed by atoms with van der Waals surface area (Å²) in [5.74, 6) is 0. The van der Waals surface area contributed by atoms with E-state index in [1.54, 1.807) is 6.04 Å². The maximum absolute atomic E-state index is 2.43. The molecule has 0 heterocycles. The molecule has 0 saturated heterocycles. The third-order valence-corrected chi connectivity index (χ3v) is 4.41. The minimum absolute atomic E-state index is 0.358. The van der Waals surface area contributed by atoms with E-state index >= 15 is 0 Å². The Kier molecular flexibility index (Phi) is 14.4. The number of rotatable bonds is 12. The van der Waals surface area contributed by atoms with Crippen LogP contribution in [0.3, 0.4) is 0 Å². The monoisotopic (exact) mass is 228 g/mol. The Bertz CT molecular complexity index is 89.5. The highest BCUT2D eigenvalue weighted by Gasteiger charge is 1.92. The highest BCUT2D eigenvalue weighted by Crippen LogP contribution is 2.11. The van der Waals surface area contributed by atoms with Crippen LogP contribution in [0.1, 0.15) is 77.6 Å². The van der Waals surface area contributed by atoms with Gasteiger partial charge < -0.3 is 0 Å². The van der Waals surface area contributed by atoms with Crippen molar-refractivity contribution in [1.29, 1.82) is 0 Å². The van der Waals surface area contributed by atoms with Crippen LogP contribution in [-0.2, 0) is 0 Å². The molecular formula is C14H32Si. The van der Waals surface area contributed by atoms with Gasteiger partial charge in [-0.05, 0) is 0 Å². The summed E-state index contributed by atoms with van der Waals surface area (Å²) in [7, 11) is 0.358. The van der Waals surface area contributed by atoms with Crippen molar-refractivity contribution in [3.8, 4) is 0 Å². The zero-order chi connectivity index (χ0) is 11.2. The van der Waals surface area contributed by atoms with Gasteiger partial charge in [-0.15, -0.1) is 0 Å². The van der Waals surface area contributed by atoms with Gasteiger partial charge in [-0.1, -0.05) is 90.1 Å². The Labute approximate surface area is 100 Å². The van der Waals surface area contributed by atoms with Crippen LogP contribution in [0.5, 0.6) is 0 Å². The van der Waals surface area contributed by atoms with Crippen molar-refractivity contribution in [2.75, 3.05) is 0 Å². The lowest BCUT2D eigenvalue weighted by molar-refractivity contribution is 0.554. The SMILES string of the molecule is CCCCCCCCCCCCC[SiH2]C. The molecule has 0 amide bonds. The Morgan fingerprint density at radius 3 is 1.40 bits per heavy atom. The fraction of sp³-hybridized carbons (Fsp3) is 1.00. The van der Waals surface area contributed by atoms with Gasteiger partial charge in [-0.2, -0.15) is 0 Å². The smallest absolute Gasteiger partial charge is 0.0166 e. The van der Waals surface area contributed by atoms with E-state index in [0.29, 0.717) is 9.52 Å². The molecule has 0 aromatic carbocycles. The third kappa shape index (κ3) is 14.2. The second-order valence-corrected chi connectivity index (χ2v) is 6.60. The van der Waals surface area contributed by atoms with E-state index in [9.17, 15) is 0 Å². The molecule has 0 aliphatic heterocycles. The molecule has 0 N–H and O–H groups in total. The van der Waals surface area contributed by atoms with Crippen LogP contribution in [0.2, 0.25) is 12.6 Å². The molecule has 0 rings (SSSR count). The van der Waals surface area contributed by atoms with Crippen LogP contribution >= 0.6 is 0 Å². The first kappa shape index (κ1) is 15.2.